The molecule has 0 heterocycles. The number of carbonyl (C=O) groups excluding carboxylic acids is 1. The Balaban J connectivity index is 2.33. The molecule has 0 saturated heterocycles. The second-order valence-corrected chi connectivity index (χ2v) is 3.92. The van der Waals surface area contributed by atoms with Gasteiger partial charge in [-0.05, 0) is 30.2 Å². The Labute approximate surface area is 87.8 Å². The molecule has 0 aliphatic heterocycles. The first-order valence-corrected chi connectivity index (χ1v) is 4.95. The van der Waals surface area contributed by atoms with Crippen LogP contribution in [-0.2, 0) is 4.79 Å². The number of Topliss-reactive ketones (excluding diaryl/α,β-unsaturated/α-hetero) is 1. The van der Waals surface area contributed by atoms with E-state index in [2.05, 4.69) is 0 Å². The van der Waals surface area contributed by atoms with Crippen LogP contribution in [0.1, 0.15) is 24.3 Å². The summed E-state index contributed by atoms with van der Waals surface area (Å²) in [5.41, 5.74) is 0.977. The van der Waals surface area contributed by atoms with Gasteiger partial charge in [0.05, 0.1) is 7.11 Å². The third kappa shape index (κ3) is 1.62. The van der Waals surface area contributed by atoms with Crippen molar-refractivity contribution < 1.29 is 9.53 Å². The highest BCUT2D eigenvalue weighted by molar-refractivity contribution is 6.30. The molecule has 1 aliphatic rings. The summed E-state index contributed by atoms with van der Waals surface area (Å²) in [5.74, 6) is 1.06. The number of methoxy groups -OCH3 is 1. The number of benzene rings is 1. The lowest BCUT2D eigenvalue weighted by Crippen LogP contribution is -2.23. The average Bonchev–Trinajstić information content (AvgIpc) is 2.14. The van der Waals surface area contributed by atoms with E-state index in [0.717, 1.165) is 12.0 Å². The zero-order valence-corrected chi connectivity index (χ0v) is 8.67. The minimum absolute atomic E-state index is 0.0441. The lowest BCUT2D eigenvalue weighted by Gasteiger charge is -2.24. The summed E-state index contributed by atoms with van der Waals surface area (Å²) in [6.07, 6.45) is 1.63. The summed E-state index contributed by atoms with van der Waals surface area (Å²) < 4.78 is 5.09. The zero-order chi connectivity index (χ0) is 10.1. The Kier molecular flexibility index (Phi) is 2.46. The fourth-order valence-electron chi connectivity index (χ4n) is 1.66. The van der Waals surface area contributed by atoms with Gasteiger partial charge in [0, 0.05) is 17.4 Å². The maximum absolute atomic E-state index is 11.3. The van der Waals surface area contributed by atoms with E-state index >= 15 is 0 Å². The van der Waals surface area contributed by atoms with E-state index < -0.39 is 0 Å². The van der Waals surface area contributed by atoms with E-state index in [-0.39, 0.29) is 5.92 Å². The van der Waals surface area contributed by atoms with Crippen molar-refractivity contribution in [3.05, 3.63) is 28.8 Å². The summed E-state index contributed by atoms with van der Waals surface area (Å²) in [6.45, 7) is 0. The molecule has 1 saturated carbocycles. The highest BCUT2D eigenvalue weighted by Crippen LogP contribution is 2.36. The van der Waals surface area contributed by atoms with Crippen LogP contribution in [0.2, 0.25) is 5.02 Å². The number of carbonyl (C=O) groups is 1. The zero-order valence-electron chi connectivity index (χ0n) is 7.92. The van der Waals surface area contributed by atoms with E-state index in [1.165, 1.54) is 0 Å². The van der Waals surface area contributed by atoms with Crippen LogP contribution in [0.3, 0.4) is 0 Å². The summed E-state index contributed by atoms with van der Waals surface area (Å²) in [4.78, 5) is 11.3. The molecule has 0 aromatic heterocycles. The van der Waals surface area contributed by atoms with E-state index in [4.69, 9.17) is 16.3 Å². The third-order valence-corrected chi connectivity index (χ3v) is 2.82. The quantitative estimate of drug-likeness (QED) is 0.751. The first kappa shape index (κ1) is 9.53. The molecule has 1 aromatic rings. The standard InChI is InChI=1S/C11H11ClO2/c1-14-9-5-7(4-8(12)6-9)10-2-3-11(10)13/h4-6,10H,2-3H2,1H3. The van der Waals surface area contributed by atoms with Crippen molar-refractivity contribution in [1.29, 1.82) is 0 Å². The smallest absolute Gasteiger partial charge is 0.140 e. The molecule has 2 rings (SSSR count). The highest BCUT2D eigenvalue weighted by Gasteiger charge is 2.29. The van der Waals surface area contributed by atoms with E-state index in [0.29, 0.717) is 23.0 Å². The molecule has 1 fully saturated rings. The number of hydrogen-bond donors (Lipinski definition) is 0. The molecule has 0 amide bonds. The van der Waals surface area contributed by atoms with Gasteiger partial charge in [-0.25, -0.2) is 0 Å². The normalized spacial score (nSPS) is 20.4. The minimum atomic E-state index is 0.0441. The number of hydrogen-bond acceptors (Lipinski definition) is 2. The van der Waals surface area contributed by atoms with Crippen molar-refractivity contribution >= 4 is 17.4 Å². The topological polar surface area (TPSA) is 26.3 Å². The van der Waals surface area contributed by atoms with Crippen molar-refractivity contribution in [3.8, 4) is 5.75 Å². The third-order valence-electron chi connectivity index (χ3n) is 2.60. The molecule has 1 aliphatic carbocycles. The Morgan fingerprint density at radius 1 is 1.43 bits per heavy atom. The van der Waals surface area contributed by atoms with Gasteiger partial charge in [0.2, 0.25) is 0 Å². The lowest BCUT2D eigenvalue weighted by molar-refractivity contribution is -0.125. The predicted molar refractivity (Wildman–Crippen MR) is 55.0 cm³/mol. The van der Waals surface area contributed by atoms with Crippen LogP contribution in [-0.4, -0.2) is 12.9 Å². The maximum atomic E-state index is 11.3. The van der Waals surface area contributed by atoms with Gasteiger partial charge in [-0.3, -0.25) is 4.79 Å². The van der Waals surface area contributed by atoms with Crippen LogP contribution < -0.4 is 4.74 Å². The van der Waals surface area contributed by atoms with Crippen LogP contribution in [0.4, 0.5) is 0 Å². The van der Waals surface area contributed by atoms with Crippen molar-refractivity contribution in [2.75, 3.05) is 7.11 Å². The molecule has 1 unspecified atom stereocenters. The summed E-state index contributed by atoms with van der Waals surface area (Å²) in [5, 5.41) is 0.624. The molecule has 0 N–H and O–H groups in total. The lowest BCUT2D eigenvalue weighted by atomic mass is 9.79. The number of halogens is 1. The van der Waals surface area contributed by atoms with E-state index in [9.17, 15) is 4.79 Å². The molecule has 0 spiro atoms. The number of ketones is 1. The second kappa shape index (κ2) is 3.62. The van der Waals surface area contributed by atoms with Gasteiger partial charge in [-0.2, -0.15) is 0 Å². The van der Waals surface area contributed by atoms with Crippen molar-refractivity contribution in [2.45, 2.75) is 18.8 Å². The van der Waals surface area contributed by atoms with Crippen molar-refractivity contribution in [1.82, 2.24) is 0 Å². The molecule has 1 aromatic carbocycles. The summed E-state index contributed by atoms with van der Waals surface area (Å²) in [7, 11) is 1.60. The Bertz CT molecular complexity index is 374. The highest BCUT2D eigenvalue weighted by atomic mass is 35.5. The molecule has 14 heavy (non-hydrogen) atoms. The van der Waals surface area contributed by atoms with Crippen molar-refractivity contribution in [2.24, 2.45) is 0 Å². The van der Waals surface area contributed by atoms with Crippen molar-refractivity contribution in [3.63, 3.8) is 0 Å². The first-order valence-electron chi connectivity index (χ1n) is 4.58. The average molecular weight is 211 g/mol. The van der Waals surface area contributed by atoms with Crippen LogP contribution in [0.15, 0.2) is 18.2 Å². The SMILES string of the molecule is COc1cc(Cl)cc(C2CCC2=O)c1. The van der Waals surface area contributed by atoms with Gasteiger partial charge in [0.25, 0.3) is 0 Å². The van der Waals surface area contributed by atoms with Gasteiger partial charge in [-0.15, -0.1) is 0 Å². The van der Waals surface area contributed by atoms with E-state index in [1.807, 2.05) is 12.1 Å². The van der Waals surface area contributed by atoms with Crippen LogP contribution >= 0.6 is 11.6 Å². The fraction of sp³-hybridized carbons (Fsp3) is 0.364. The number of ether oxygens (including phenoxy) is 1. The monoisotopic (exact) mass is 210 g/mol. The molecule has 2 nitrogen and oxygen atoms in total. The van der Waals surface area contributed by atoms with Gasteiger partial charge in [0.15, 0.2) is 0 Å². The molecule has 0 bridgehead atoms. The van der Waals surface area contributed by atoms with Crippen LogP contribution in [0.25, 0.3) is 0 Å². The number of rotatable bonds is 2. The maximum Gasteiger partial charge on any atom is 0.140 e. The van der Waals surface area contributed by atoms with Gasteiger partial charge in [-0.1, -0.05) is 11.6 Å². The van der Waals surface area contributed by atoms with E-state index in [1.54, 1.807) is 13.2 Å². The molecular formula is C11H11ClO2. The molecule has 3 heteroatoms. The first-order chi connectivity index (χ1) is 6.70. The van der Waals surface area contributed by atoms with Crippen LogP contribution in [0, 0.1) is 0 Å². The second-order valence-electron chi connectivity index (χ2n) is 3.48. The fourth-order valence-corrected chi connectivity index (χ4v) is 1.90. The van der Waals surface area contributed by atoms with Crippen LogP contribution in [0.5, 0.6) is 5.75 Å². The molecule has 1 atom stereocenters. The molecule has 0 radical (unpaired) electrons. The van der Waals surface area contributed by atoms with Gasteiger partial charge in [0.1, 0.15) is 11.5 Å². The summed E-state index contributed by atoms with van der Waals surface area (Å²) in [6, 6.07) is 5.47. The van der Waals surface area contributed by atoms with Gasteiger partial charge >= 0.3 is 0 Å². The largest absolute Gasteiger partial charge is 0.497 e. The summed E-state index contributed by atoms with van der Waals surface area (Å²) >= 11 is 5.91. The Hall–Kier alpha value is -1.02. The van der Waals surface area contributed by atoms with Gasteiger partial charge < -0.3 is 4.74 Å². The Morgan fingerprint density at radius 3 is 2.71 bits per heavy atom. The molecular weight excluding hydrogens is 200 g/mol. The molecule has 74 valence electrons. The minimum Gasteiger partial charge on any atom is -0.497 e. The Morgan fingerprint density at radius 2 is 2.21 bits per heavy atom. The predicted octanol–water partition coefficient (Wildman–Crippen LogP) is 2.80.